The lowest BCUT2D eigenvalue weighted by Gasteiger charge is -2.10. The highest BCUT2D eigenvalue weighted by Crippen LogP contribution is 2.32. The number of alkyl halides is 1. The summed E-state index contributed by atoms with van der Waals surface area (Å²) >= 11 is 4.92. The fourth-order valence-electron chi connectivity index (χ4n) is 1.52. The maximum atomic E-state index is 13.5. The largest absolute Gasteiger partial charge is 0.207 e. The van der Waals surface area contributed by atoms with Crippen LogP contribution in [0.4, 0.5) is 8.78 Å². The summed E-state index contributed by atoms with van der Waals surface area (Å²) in [4.78, 5) is 0.775. The van der Waals surface area contributed by atoms with E-state index >= 15 is 0 Å². The summed E-state index contributed by atoms with van der Waals surface area (Å²) < 4.78 is 26.9. The van der Waals surface area contributed by atoms with Gasteiger partial charge in [-0.25, -0.2) is 8.78 Å². The number of halogens is 3. The van der Waals surface area contributed by atoms with Crippen LogP contribution in [0.5, 0.6) is 0 Å². The topological polar surface area (TPSA) is 0 Å². The van der Waals surface area contributed by atoms with E-state index in [4.69, 9.17) is 0 Å². The van der Waals surface area contributed by atoms with Gasteiger partial charge in [-0.2, -0.15) is 0 Å². The zero-order valence-electron chi connectivity index (χ0n) is 8.29. The van der Waals surface area contributed by atoms with Gasteiger partial charge in [-0.15, -0.1) is 11.3 Å². The number of thiophene rings is 1. The van der Waals surface area contributed by atoms with Crippen molar-refractivity contribution in [1.82, 2.24) is 0 Å². The molecule has 1 unspecified atom stereocenters. The standard InChI is InChI=1S/C12H9BrF2S/c13-9(7-8-3-2-6-16-8)12-10(14)4-1-5-11(12)15/h1-6,9H,7H2. The molecule has 2 rings (SSSR count). The molecule has 0 N–H and O–H groups in total. The number of rotatable bonds is 3. The Balaban J connectivity index is 2.24. The predicted octanol–water partition coefficient (Wildman–Crippen LogP) is 4.71. The van der Waals surface area contributed by atoms with Crippen molar-refractivity contribution in [2.45, 2.75) is 11.2 Å². The van der Waals surface area contributed by atoms with Crippen LogP contribution >= 0.6 is 27.3 Å². The van der Waals surface area contributed by atoms with Gasteiger partial charge in [-0.1, -0.05) is 28.1 Å². The molecule has 0 fully saturated rings. The first-order valence-electron chi connectivity index (χ1n) is 4.79. The Morgan fingerprint density at radius 3 is 2.38 bits per heavy atom. The van der Waals surface area contributed by atoms with Gasteiger partial charge in [0.25, 0.3) is 0 Å². The summed E-state index contributed by atoms with van der Waals surface area (Å²) in [5.74, 6) is -1.00. The molecule has 0 aliphatic heterocycles. The van der Waals surface area contributed by atoms with Gasteiger partial charge >= 0.3 is 0 Å². The van der Waals surface area contributed by atoms with E-state index in [1.54, 1.807) is 11.3 Å². The molecule has 2 aromatic rings. The summed E-state index contributed by atoms with van der Waals surface area (Å²) in [6.07, 6.45) is 0.593. The molecule has 0 amide bonds. The minimum atomic E-state index is -0.501. The molecule has 0 bridgehead atoms. The van der Waals surface area contributed by atoms with Crippen molar-refractivity contribution < 1.29 is 8.78 Å². The molecule has 0 aliphatic carbocycles. The third kappa shape index (κ3) is 2.50. The average molecular weight is 303 g/mol. The number of benzene rings is 1. The van der Waals surface area contributed by atoms with Crippen molar-refractivity contribution in [2.75, 3.05) is 0 Å². The smallest absolute Gasteiger partial charge is 0.130 e. The van der Waals surface area contributed by atoms with E-state index < -0.39 is 11.6 Å². The van der Waals surface area contributed by atoms with E-state index in [2.05, 4.69) is 15.9 Å². The monoisotopic (exact) mass is 302 g/mol. The summed E-state index contributed by atoms with van der Waals surface area (Å²) in [6, 6.07) is 7.82. The lowest BCUT2D eigenvalue weighted by molar-refractivity contribution is 0.554. The Labute approximate surface area is 105 Å². The SMILES string of the molecule is Fc1cccc(F)c1C(Br)Cc1cccs1. The van der Waals surface area contributed by atoms with Gasteiger partial charge in [0.1, 0.15) is 11.6 Å². The van der Waals surface area contributed by atoms with Crippen molar-refractivity contribution in [1.29, 1.82) is 0 Å². The van der Waals surface area contributed by atoms with Crippen LogP contribution in [-0.2, 0) is 6.42 Å². The fourth-order valence-corrected chi connectivity index (χ4v) is 3.27. The van der Waals surface area contributed by atoms with Gasteiger partial charge in [-0.05, 0) is 30.0 Å². The van der Waals surface area contributed by atoms with Crippen LogP contribution in [0.1, 0.15) is 15.3 Å². The van der Waals surface area contributed by atoms with E-state index in [1.165, 1.54) is 18.2 Å². The molecule has 0 saturated heterocycles. The molecule has 1 atom stereocenters. The molecule has 0 spiro atoms. The van der Waals surface area contributed by atoms with Crippen LogP contribution in [0.2, 0.25) is 0 Å². The van der Waals surface area contributed by atoms with Crippen molar-refractivity contribution in [2.24, 2.45) is 0 Å². The molecular formula is C12H9BrF2S. The third-order valence-electron chi connectivity index (χ3n) is 2.27. The van der Waals surface area contributed by atoms with Gasteiger partial charge in [0.05, 0.1) is 4.83 Å². The second kappa shape index (κ2) is 5.06. The average Bonchev–Trinajstić information content (AvgIpc) is 2.70. The zero-order valence-corrected chi connectivity index (χ0v) is 10.7. The molecule has 1 aromatic carbocycles. The molecule has 1 heterocycles. The minimum absolute atomic E-state index is 0.107. The Morgan fingerprint density at radius 1 is 1.12 bits per heavy atom. The Kier molecular flexibility index (Phi) is 3.71. The molecule has 0 saturated carbocycles. The van der Waals surface area contributed by atoms with Crippen LogP contribution in [0.25, 0.3) is 0 Å². The summed E-state index contributed by atoms with van der Waals surface area (Å²) in [6.45, 7) is 0. The van der Waals surface area contributed by atoms with Crippen molar-refractivity contribution in [3.8, 4) is 0 Å². The van der Waals surface area contributed by atoms with E-state index in [0.29, 0.717) is 6.42 Å². The maximum Gasteiger partial charge on any atom is 0.130 e. The molecule has 1 aromatic heterocycles. The summed E-state index contributed by atoms with van der Waals surface area (Å²) in [5.41, 5.74) is 0.107. The molecule has 0 radical (unpaired) electrons. The highest BCUT2D eigenvalue weighted by atomic mass is 79.9. The van der Waals surface area contributed by atoms with Crippen molar-refractivity contribution in [3.05, 3.63) is 57.8 Å². The second-order valence-electron chi connectivity index (χ2n) is 3.39. The third-order valence-corrected chi connectivity index (χ3v) is 3.95. The molecule has 16 heavy (non-hydrogen) atoms. The van der Waals surface area contributed by atoms with Gasteiger partial charge < -0.3 is 0 Å². The predicted molar refractivity (Wildman–Crippen MR) is 66.0 cm³/mol. The molecule has 0 nitrogen and oxygen atoms in total. The Hall–Kier alpha value is -0.740. The zero-order chi connectivity index (χ0) is 11.5. The first kappa shape index (κ1) is 11.7. The minimum Gasteiger partial charge on any atom is -0.207 e. The number of hydrogen-bond acceptors (Lipinski definition) is 1. The first-order chi connectivity index (χ1) is 7.68. The van der Waals surface area contributed by atoms with Gasteiger partial charge in [0, 0.05) is 10.4 Å². The van der Waals surface area contributed by atoms with Crippen LogP contribution in [-0.4, -0.2) is 0 Å². The normalized spacial score (nSPS) is 12.7. The Bertz CT molecular complexity index is 448. The highest BCUT2D eigenvalue weighted by Gasteiger charge is 2.17. The van der Waals surface area contributed by atoms with Crippen LogP contribution < -0.4 is 0 Å². The lowest BCUT2D eigenvalue weighted by Crippen LogP contribution is -2.00. The van der Waals surface area contributed by atoms with Gasteiger partial charge in [0.2, 0.25) is 0 Å². The van der Waals surface area contributed by atoms with Gasteiger partial charge in [-0.3, -0.25) is 0 Å². The van der Waals surface area contributed by atoms with Gasteiger partial charge in [0.15, 0.2) is 0 Å². The maximum absolute atomic E-state index is 13.5. The molecular weight excluding hydrogens is 294 g/mol. The second-order valence-corrected chi connectivity index (χ2v) is 5.52. The van der Waals surface area contributed by atoms with Crippen molar-refractivity contribution in [3.63, 3.8) is 0 Å². The van der Waals surface area contributed by atoms with E-state index in [1.807, 2.05) is 17.5 Å². The Morgan fingerprint density at radius 2 is 1.81 bits per heavy atom. The quantitative estimate of drug-likeness (QED) is 0.721. The summed E-state index contributed by atoms with van der Waals surface area (Å²) in [5, 5.41) is 1.95. The first-order valence-corrected chi connectivity index (χ1v) is 6.58. The fraction of sp³-hybridized carbons (Fsp3) is 0.167. The van der Waals surface area contributed by atoms with E-state index in [-0.39, 0.29) is 10.4 Å². The number of hydrogen-bond donors (Lipinski definition) is 0. The van der Waals surface area contributed by atoms with Crippen molar-refractivity contribution >= 4 is 27.3 Å². The van der Waals surface area contributed by atoms with Crippen LogP contribution in [0, 0.1) is 11.6 Å². The van der Waals surface area contributed by atoms with E-state index in [9.17, 15) is 8.78 Å². The molecule has 0 aliphatic rings. The van der Waals surface area contributed by atoms with Crippen LogP contribution in [0.3, 0.4) is 0 Å². The summed E-state index contributed by atoms with van der Waals surface area (Å²) in [7, 11) is 0. The molecule has 84 valence electrons. The molecule has 4 heteroatoms. The van der Waals surface area contributed by atoms with E-state index in [0.717, 1.165) is 4.88 Å². The van der Waals surface area contributed by atoms with Crippen LogP contribution in [0.15, 0.2) is 35.7 Å². The highest BCUT2D eigenvalue weighted by molar-refractivity contribution is 9.09. The lowest BCUT2D eigenvalue weighted by atomic mass is 10.1.